The molecule has 2 amide bonds. The molecular weight excluding hydrogens is 332 g/mol. The van der Waals surface area contributed by atoms with Crippen LogP contribution in [0.25, 0.3) is 0 Å². The molecule has 3 rings (SSSR count). The second-order valence-corrected chi connectivity index (χ2v) is 7.05. The molecule has 0 bridgehead atoms. The van der Waals surface area contributed by atoms with Gasteiger partial charge in [0.1, 0.15) is 0 Å². The molecule has 8 heteroatoms. The molecule has 3 heterocycles. The zero-order valence-corrected chi connectivity index (χ0v) is 14.9. The third kappa shape index (κ3) is 3.02. The third-order valence-corrected chi connectivity index (χ3v) is 5.29. The fourth-order valence-corrected chi connectivity index (χ4v) is 4.01. The summed E-state index contributed by atoms with van der Waals surface area (Å²) in [7, 11) is 3.36. The molecule has 2 aliphatic rings. The number of rotatable bonds is 4. The normalized spacial score (nSPS) is 24.2. The summed E-state index contributed by atoms with van der Waals surface area (Å²) in [5.74, 6) is -0.0486. The van der Waals surface area contributed by atoms with Gasteiger partial charge in [-0.25, -0.2) is 0 Å². The van der Waals surface area contributed by atoms with E-state index in [9.17, 15) is 9.59 Å². The van der Waals surface area contributed by atoms with Crippen LogP contribution in [0.2, 0.25) is 5.02 Å². The van der Waals surface area contributed by atoms with Crippen LogP contribution in [0.1, 0.15) is 29.8 Å². The fraction of sp³-hybridized carbons (Fsp3) is 0.688. The molecule has 1 aromatic rings. The summed E-state index contributed by atoms with van der Waals surface area (Å²) in [6.07, 6.45) is 4.10. The molecule has 7 nitrogen and oxygen atoms in total. The number of halogens is 1. The maximum absolute atomic E-state index is 12.9. The van der Waals surface area contributed by atoms with Crippen LogP contribution in [0.5, 0.6) is 0 Å². The summed E-state index contributed by atoms with van der Waals surface area (Å²) in [6.45, 7) is 2.92. The van der Waals surface area contributed by atoms with E-state index in [0.29, 0.717) is 37.7 Å². The van der Waals surface area contributed by atoms with E-state index in [-0.39, 0.29) is 17.5 Å². The Labute approximate surface area is 146 Å². The van der Waals surface area contributed by atoms with Crippen LogP contribution < -0.4 is 0 Å². The smallest absolute Gasteiger partial charge is 0.275 e. The molecule has 132 valence electrons. The Morgan fingerprint density at radius 2 is 2.21 bits per heavy atom. The minimum atomic E-state index is -0.455. The minimum Gasteiger partial charge on any atom is -0.383 e. The Morgan fingerprint density at radius 3 is 2.88 bits per heavy atom. The quantitative estimate of drug-likeness (QED) is 0.814. The van der Waals surface area contributed by atoms with E-state index < -0.39 is 5.41 Å². The van der Waals surface area contributed by atoms with E-state index in [0.717, 1.165) is 19.4 Å². The molecule has 0 radical (unpaired) electrons. The van der Waals surface area contributed by atoms with Crippen LogP contribution in [-0.2, 0) is 16.6 Å². The Balaban J connectivity index is 1.72. The topological polar surface area (TPSA) is 67.7 Å². The number of aromatic nitrogens is 2. The highest BCUT2D eigenvalue weighted by Gasteiger charge is 2.49. The average Bonchev–Trinajstić information content (AvgIpc) is 3.12. The Hall–Kier alpha value is -1.60. The van der Waals surface area contributed by atoms with Gasteiger partial charge in [-0.1, -0.05) is 11.6 Å². The fourth-order valence-electron chi connectivity index (χ4n) is 3.75. The molecular formula is C16H23ClN4O3. The highest BCUT2D eigenvalue weighted by molar-refractivity contribution is 6.33. The lowest BCUT2D eigenvalue weighted by atomic mass is 9.78. The maximum Gasteiger partial charge on any atom is 0.275 e. The van der Waals surface area contributed by atoms with Crippen molar-refractivity contribution in [1.29, 1.82) is 0 Å². The number of carbonyl (C=O) groups is 2. The van der Waals surface area contributed by atoms with E-state index in [1.165, 1.54) is 4.68 Å². The lowest BCUT2D eigenvalue weighted by Gasteiger charge is -2.39. The first kappa shape index (κ1) is 17.2. The van der Waals surface area contributed by atoms with Gasteiger partial charge < -0.3 is 14.5 Å². The van der Waals surface area contributed by atoms with Crippen LogP contribution in [0.3, 0.4) is 0 Å². The van der Waals surface area contributed by atoms with Gasteiger partial charge in [-0.15, -0.1) is 0 Å². The zero-order chi connectivity index (χ0) is 17.3. The number of ether oxygens (including phenoxy) is 1. The predicted octanol–water partition coefficient (Wildman–Crippen LogP) is 1.17. The van der Waals surface area contributed by atoms with Crippen LogP contribution >= 0.6 is 11.6 Å². The van der Waals surface area contributed by atoms with E-state index in [2.05, 4.69) is 5.10 Å². The van der Waals surface area contributed by atoms with Gasteiger partial charge in [0.05, 0.1) is 17.0 Å². The lowest BCUT2D eigenvalue weighted by Crippen LogP contribution is -2.51. The van der Waals surface area contributed by atoms with Crippen LogP contribution in [-0.4, -0.2) is 71.3 Å². The highest BCUT2D eigenvalue weighted by atomic mass is 35.5. The largest absolute Gasteiger partial charge is 0.383 e. The SMILES string of the molecule is COCCN1CCC[C@@]2(CCN(C(=O)c3nn(C)cc3Cl)C2)C1=O. The van der Waals surface area contributed by atoms with Crippen molar-refractivity contribution in [1.82, 2.24) is 19.6 Å². The number of hydrogen-bond donors (Lipinski definition) is 0. The van der Waals surface area contributed by atoms with E-state index in [4.69, 9.17) is 16.3 Å². The zero-order valence-electron chi connectivity index (χ0n) is 14.1. The van der Waals surface area contributed by atoms with Gasteiger partial charge in [0.25, 0.3) is 5.91 Å². The van der Waals surface area contributed by atoms with Gasteiger partial charge >= 0.3 is 0 Å². The summed E-state index contributed by atoms with van der Waals surface area (Å²) in [5, 5.41) is 4.49. The van der Waals surface area contributed by atoms with Crippen molar-refractivity contribution >= 4 is 23.4 Å². The molecule has 0 unspecified atom stereocenters. The van der Waals surface area contributed by atoms with Gasteiger partial charge in [0.2, 0.25) is 5.91 Å². The average molecular weight is 355 g/mol. The maximum atomic E-state index is 12.9. The number of hydrogen-bond acceptors (Lipinski definition) is 4. The summed E-state index contributed by atoms with van der Waals surface area (Å²) >= 11 is 6.08. The second-order valence-electron chi connectivity index (χ2n) is 6.64. The predicted molar refractivity (Wildman–Crippen MR) is 88.9 cm³/mol. The van der Waals surface area contributed by atoms with Gasteiger partial charge in [-0.2, -0.15) is 5.10 Å². The van der Waals surface area contributed by atoms with Crippen molar-refractivity contribution in [3.8, 4) is 0 Å². The monoisotopic (exact) mass is 354 g/mol. The summed E-state index contributed by atoms with van der Waals surface area (Å²) in [6, 6.07) is 0. The lowest BCUT2D eigenvalue weighted by molar-refractivity contribution is -0.146. The van der Waals surface area contributed by atoms with Crippen LogP contribution in [0.4, 0.5) is 0 Å². The number of likely N-dealkylation sites (tertiary alicyclic amines) is 2. The molecule has 1 spiro atoms. The Morgan fingerprint density at radius 1 is 1.42 bits per heavy atom. The molecule has 1 aromatic heterocycles. The van der Waals surface area contributed by atoms with E-state index in [1.807, 2.05) is 4.90 Å². The van der Waals surface area contributed by atoms with Crippen LogP contribution in [0.15, 0.2) is 6.20 Å². The van der Waals surface area contributed by atoms with E-state index in [1.54, 1.807) is 25.3 Å². The summed E-state index contributed by atoms with van der Waals surface area (Å²) in [5.41, 5.74) is -0.196. The first-order chi connectivity index (χ1) is 11.5. The molecule has 1 atom stereocenters. The standard InChI is InChI=1S/C16H23ClN4O3/c1-19-10-12(17)13(18-19)14(22)21-7-5-16(11-21)4-3-6-20(15(16)23)8-9-24-2/h10H,3-9,11H2,1-2H3/t16-/m0/s1. The molecule has 2 saturated heterocycles. The molecule has 0 aromatic carbocycles. The van der Waals surface area contributed by atoms with Gasteiger partial charge in [-0.3, -0.25) is 14.3 Å². The number of amides is 2. The molecule has 0 N–H and O–H groups in total. The first-order valence-corrected chi connectivity index (χ1v) is 8.61. The Kier molecular flexibility index (Phi) is 4.83. The number of methoxy groups -OCH3 is 1. The number of nitrogens with zero attached hydrogens (tertiary/aromatic N) is 4. The highest BCUT2D eigenvalue weighted by Crippen LogP contribution is 2.40. The molecule has 2 aliphatic heterocycles. The molecule has 2 fully saturated rings. The van der Waals surface area contributed by atoms with Crippen molar-refractivity contribution in [2.24, 2.45) is 12.5 Å². The van der Waals surface area contributed by atoms with Gasteiger partial charge in [0.15, 0.2) is 5.69 Å². The van der Waals surface area contributed by atoms with Crippen molar-refractivity contribution in [2.45, 2.75) is 19.3 Å². The Bertz CT molecular complexity index is 647. The van der Waals surface area contributed by atoms with Crippen molar-refractivity contribution in [2.75, 3.05) is 39.9 Å². The minimum absolute atomic E-state index is 0.146. The second kappa shape index (κ2) is 6.72. The number of piperidine rings is 1. The number of aryl methyl sites for hydroxylation is 1. The summed E-state index contributed by atoms with van der Waals surface area (Å²) < 4.78 is 6.62. The van der Waals surface area contributed by atoms with Gasteiger partial charge in [-0.05, 0) is 19.3 Å². The van der Waals surface area contributed by atoms with Gasteiger partial charge in [0, 0.05) is 46.5 Å². The van der Waals surface area contributed by atoms with Crippen molar-refractivity contribution in [3.63, 3.8) is 0 Å². The number of carbonyl (C=O) groups excluding carboxylic acids is 2. The third-order valence-electron chi connectivity index (χ3n) is 5.02. The molecule has 24 heavy (non-hydrogen) atoms. The summed E-state index contributed by atoms with van der Waals surface area (Å²) in [4.78, 5) is 29.2. The van der Waals surface area contributed by atoms with E-state index >= 15 is 0 Å². The molecule has 0 aliphatic carbocycles. The van der Waals surface area contributed by atoms with Crippen molar-refractivity contribution in [3.05, 3.63) is 16.9 Å². The van der Waals surface area contributed by atoms with Crippen LogP contribution in [0, 0.1) is 5.41 Å². The van der Waals surface area contributed by atoms with Crippen molar-refractivity contribution < 1.29 is 14.3 Å². The molecule has 0 saturated carbocycles. The first-order valence-electron chi connectivity index (χ1n) is 8.23.